The molecule has 17 heavy (non-hydrogen) atoms. The molecule has 2 N–H and O–H groups in total. The molecule has 4 heteroatoms. The van der Waals surface area contributed by atoms with Crippen molar-refractivity contribution in [3.63, 3.8) is 0 Å². The van der Waals surface area contributed by atoms with Crippen molar-refractivity contribution in [3.8, 4) is 5.75 Å². The monoisotopic (exact) mass is 235 g/mol. The van der Waals surface area contributed by atoms with Gasteiger partial charge < -0.3 is 15.2 Å². The topological polar surface area (TPSA) is 58.6 Å². The lowest BCUT2D eigenvalue weighted by Crippen LogP contribution is -2.28. The molecule has 0 bridgehead atoms. The summed E-state index contributed by atoms with van der Waals surface area (Å²) in [5.74, 6) is 0.202. The molecule has 1 heterocycles. The van der Waals surface area contributed by atoms with E-state index in [9.17, 15) is 4.79 Å². The molecule has 0 amide bonds. The van der Waals surface area contributed by atoms with Crippen LogP contribution in [0.15, 0.2) is 24.3 Å². The average molecular weight is 235 g/mol. The Hall–Kier alpha value is -1.55. The zero-order valence-corrected chi connectivity index (χ0v) is 9.69. The van der Waals surface area contributed by atoms with E-state index in [1.54, 1.807) is 0 Å². The SMILES string of the molecule is O=C(O)CCCNC1CCOc2ccccc21. The smallest absolute Gasteiger partial charge is 0.303 e. The Morgan fingerprint density at radius 2 is 2.29 bits per heavy atom. The van der Waals surface area contributed by atoms with E-state index < -0.39 is 5.97 Å². The van der Waals surface area contributed by atoms with Crippen molar-refractivity contribution < 1.29 is 14.6 Å². The Balaban J connectivity index is 1.88. The number of benzene rings is 1. The number of carboxylic acids is 1. The van der Waals surface area contributed by atoms with Crippen LogP contribution in [0, 0.1) is 0 Å². The van der Waals surface area contributed by atoms with Gasteiger partial charge in [-0.2, -0.15) is 0 Å². The van der Waals surface area contributed by atoms with Gasteiger partial charge in [-0.25, -0.2) is 0 Å². The highest BCUT2D eigenvalue weighted by atomic mass is 16.5. The van der Waals surface area contributed by atoms with E-state index in [0.29, 0.717) is 13.0 Å². The lowest BCUT2D eigenvalue weighted by Gasteiger charge is -2.26. The fourth-order valence-electron chi connectivity index (χ4n) is 2.07. The minimum absolute atomic E-state index is 0.220. The van der Waals surface area contributed by atoms with Crippen LogP contribution in [0.3, 0.4) is 0 Å². The van der Waals surface area contributed by atoms with Gasteiger partial charge in [-0.3, -0.25) is 4.79 Å². The standard InChI is InChI=1S/C13H17NO3/c15-13(16)6-3-8-14-11-7-9-17-12-5-2-1-4-10(11)12/h1-2,4-5,11,14H,3,6-9H2,(H,15,16). The Kier molecular flexibility index (Phi) is 3.98. The van der Waals surface area contributed by atoms with Crippen LogP contribution in [-0.2, 0) is 4.79 Å². The van der Waals surface area contributed by atoms with Gasteiger partial charge in [-0.05, 0) is 19.0 Å². The van der Waals surface area contributed by atoms with E-state index in [1.165, 1.54) is 5.56 Å². The highest BCUT2D eigenvalue weighted by Gasteiger charge is 2.19. The lowest BCUT2D eigenvalue weighted by atomic mass is 10.0. The van der Waals surface area contributed by atoms with Crippen LogP contribution in [0.25, 0.3) is 0 Å². The van der Waals surface area contributed by atoms with E-state index in [1.807, 2.05) is 18.2 Å². The molecule has 0 spiro atoms. The Morgan fingerprint density at radius 1 is 1.47 bits per heavy atom. The number of fused-ring (bicyclic) bond motifs is 1. The summed E-state index contributed by atoms with van der Waals surface area (Å²) in [6.07, 6.45) is 1.82. The predicted molar refractivity (Wildman–Crippen MR) is 64.2 cm³/mol. The van der Waals surface area contributed by atoms with Crippen molar-refractivity contribution >= 4 is 5.97 Å². The minimum Gasteiger partial charge on any atom is -0.493 e. The molecular formula is C13H17NO3. The molecule has 0 fully saturated rings. The first-order valence-corrected chi connectivity index (χ1v) is 5.94. The lowest BCUT2D eigenvalue weighted by molar-refractivity contribution is -0.137. The number of hydrogen-bond donors (Lipinski definition) is 2. The van der Waals surface area contributed by atoms with Gasteiger partial charge >= 0.3 is 5.97 Å². The van der Waals surface area contributed by atoms with Crippen LogP contribution in [-0.4, -0.2) is 24.2 Å². The molecule has 0 aliphatic carbocycles. The molecule has 0 radical (unpaired) electrons. The maximum Gasteiger partial charge on any atom is 0.303 e. The molecule has 1 aromatic rings. The zero-order valence-electron chi connectivity index (χ0n) is 9.69. The van der Waals surface area contributed by atoms with Crippen LogP contribution < -0.4 is 10.1 Å². The summed E-state index contributed by atoms with van der Waals surface area (Å²) in [6.45, 7) is 1.44. The van der Waals surface area contributed by atoms with E-state index in [0.717, 1.165) is 18.7 Å². The number of carbonyl (C=O) groups is 1. The van der Waals surface area contributed by atoms with Crippen LogP contribution in [0.2, 0.25) is 0 Å². The molecular weight excluding hydrogens is 218 g/mol. The number of aliphatic carboxylic acids is 1. The summed E-state index contributed by atoms with van der Waals surface area (Å²) < 4.78 is 5.56. The Labute approximate surface area is 101 Å². The maximum atomic E-state index is 10.4. The summed E-state index contributed by atoms with van der Waals surface area (Å²) >= 11 is 0. The molecule has 92 valence electrons. The number of hydrogen-bond acceptors (Lipinski definition) is 3. The minimum atomic E-state index is -0.737. The van der Waals surface area contributed by atoms with Gasteiger partial charge in [0.1, 0.15) is 5.75 Å². The first-order chi connectivity index (χ1) is 8.27. The highest BCUT2D eigenvalue weighted by Crippen LogP contribution is 2.31. The van der Waals surface area contributed by atoms with Crippen molar-refractivity contribution in [2.45, 2.75) is 25.3 Å². The third kappa shape index (κ3) is 3.20. The van der Waals surface area contributed by atoms with Crippen LogP contribution >= 0.6 is 0 Å². The summed E-state index contributed by atoms with van der Waals surface area (Å²) in [4.78, 5) is 10.4. The van der Waals surface area contributed by atoms with Crippen LogP contribution in [0.4, 0.5) is 0 Å². The molecule has 4 nitrogen and oxygen atoms in total. The van der Waals surface area contributed by atoms with E-state index in [4.69, 9.17) is 9.84 Å². The number of rotatable bonds is 5. The van der Waals surface area contributed by atoms with E-state index in [2.05, 4.69) is 11.4 Å². The van der Waals surface area contributed by atoms with Crippen molar-refractivity contribution in [2.75, 3.05) is 13.2 Å². The third-order valence-electron chi connectivity index (χ3n) is 2.92. The molecule has 0 saturated heterocycles. The predicted octanol–water partition coefficient (Wildman–Crippen LogP) is 1.96. The van der Waals surface area contributed by atoms with E-state index in [-0.39, 0.29) is 12.5 Å². The molecule has 0 aromatic heterocycles. The summed E-state index contributed by atoms with van der Waals surface area (Å²) in [6, 6.07) is 8.28. The van der Waals surface area contributed by atoms with Gasteiger partial charge in [0.2, 0.25) is 0 Å². The number of para-hydroxylation sites is 1. The van der Waals surface area contributed by atoms with Gasteiger partial charge in [0.15, 0.2) is 0 Å². The van der Waals surface area contributed by atoms with Gasteiger partial charge in [-0.15, -0.1) is 0 Å². The molecule has 1 aromatic carbocycles. The van der Waals surface area contributed by atoms with Crippen LogP contribution in [0.1, 0.15) is 30.9 Å². The number of nitrogens with one attached hydrogen (secondary N) is 1. The van der Waals surface area contributed by atoms with Gasteiger partial charge in [0, 0.05) is 24.4 Å². The molecule has 2 rings (SSSR count). The first-order valence-electron chi connectivity index (χ1n) is 5.94. The second kappa shape index (κ2) is 5.68. The summed E-state index contributed by atoms with van der Waals surface area (Å²) in [7, 11) is 0. The molecule has 1 atom stereocenters. The van der Waals surface area contributed by atoms with E-state index >= 15 is 0 Å². The zero-order chi connectivity index (χ0) is 12.1. The second-order valence-corrected chi connectivity index (χ2v) is 4.18. The van der Waals surface area contributed by atoms with Crippen LogP contribution in [0.5, 0.6) is 5.75 Å². The largest absolute Gasteiger partial charge is 0.493 e. The van der Waals surface area contributed by atoms with Crippen molar-refractivity contribution in [1.82, 2.24) is 5.32 Å². The Morgan fingerprint density at radius 3 is 3.12 bits per heavy atom. The fraction of sp³-hybridized carbons (Fsp3) is 0.462. The second-order valence-electron chi connectivity index (χ2n) is 4.18. The first kappa shape index (κ1) is 11.9. The fourth-order valence-corrected chi connectivity index (χ4v) is 2.07. The molecule has 1 unspecified atom stereocenters. The van der Waals surface area contributed by atoms with Gasteiger partial charge in [0.05, 0.1) is 6.61 Å². The summed E-state index contributed by atoms with van der Waals surface area (Å²) in [5.41, 5.74) is 1.18. The van der Waals surface area contributed by atoms with Gasteiger partial charge in [-0.1, -0.05) is 18.2 Å². The quantitative estimate of drug-likeness (QED) is 0.766. The number of ether oxygens (including phenoxy) is 1. The maximum absolute atomic E-state index is 10.4. The van der Waals surface area contributed by atoms with Crippen molar-refractivity contribution in [2.24, 2.45) is 0 Å². The van der Waals surface area contributed by atoms with Crippen molar-refractivity contribution in [3.05, 3.63) is 29.8 Å². The summed E-state index contributed by atoms with van der Waals surface area (Å²) in [5, 5.41) is 12.0. The third-order valence-corrected chi connectivity index (χ3v) is 2.92. The number of carboxylic acid groups (broad SMARTS) is 1. The average Bonchev–Trinajstić information content (AvgIpc) is 2.34. The van der Waals surface area contributed by atoms with Gasteiger partial charge in [0.25, 0.3) is 0 Å². The molecule has 1 aliphatic rings. The Bertz CT molecular complexity index is 392. The highest BCUT2D eigenvalue weighted by molar-refractivity contribution is 5.66. The normalized spacial score (nSPS) is 18.2. The molecule has 0 saturated carbocycles. The van der Waals surface area contributed by atoms with Crippen molar-refractivity contribution in [1.29, 1.82) is 0 Å². The molecule has 1 aliphatic heterocycles.